The van der Waals surface area contributed by atoms with E-state index in [-0.39, 0.29) is 0 Å². The lowest BCUT2D eigenvalue weighted by molar-refractivity contribution is 1.18. The Morgan fingerprint density at radius 3 is 2.13 bits per heavy atom. The predicted octanol–water partition coefficient (Wildman–Crippen LogP) is 13.3. The molecule has 4 nitrogen and oxygen atoms in total. The molecule has 0 N–H and O–H groups in total. The SMILES string of the molecule is c1ccc(-n2c3ccccc3c3cc(-c4nc5ccccc5c5c4cc(-c4ccc6ccc7cccnc7c6n4)c4sc6ccccc6c45)ccc32)cc1. The van der Waals surface area contributed by atoms with Gasteiger partial charge in [-0.2, -0.15) is 0 Å². The monoisotopic (exact) mass is 704 g/mol. The molecule has 0 spiro atoms. The molecule has 0 atom stereocenters. The summed E-state index contributed by atoms with van der Waals surface area (Å²) < 4.78 is 4.85. The van der Waals surface area contributed by atoms with E-state index in [0.717, 1.165) is 66.3 Å². The van der Waals surface area contributed by atoms with E-state index < -0.39 is 0 Å². The van der Waals surface area contributed by atoms with Crippen LogP contribution in [0.15, 0.2) is 170 Å². The third kappa shape index (κ3) is 4.21. The summed E-state index contributed by atoms with van der Waals surface area (Å²) in [5.74, 6) is 0. The molecular formula is C49H28N4S. The maximum Gasteiger partial charge on any atom is 0.0972 e. The van der Waals surface area contributed by atoms with Crippen molar-refractivity contribution in [2.75, 3.05) is 0 Å². The van der Waals surface area contributed by atoms with Crippen molar-refractivity contribution >= 4 is 96.8 Å². The van der Waals surface area contributed by atoms with Crippen LogP contribution in [0.2, 0.25) is 0 Å². The molecule has 0 amide bonds. The summed E-state index contributed by atoms with van der Waals surface area (Å²) in [6.45, 7) is 0. The van der Waals surface area contributed by atoms with E-state index in [4.69, 9.17) is 15.0 Å². The molecule has 0 aliphatic heterocycles. The van der Waals surface area contributed by atoms with Crippen molar-refractivity contribution in [1.82, 2.24) is 19.5 Å². The van der Waals surface area contributed by atoms with Crippen LogP contribution in [0, 0.1) is 0 Å². The number of para-hydroxylation sites is 3. The van der Waals surface area contributed by atoms with Gasteiger partial charge in [-0.05, 0) is 60.7 Å². The molecule has 54 heavy (non-hydrogen) atoms. The molecule has 5 heteroatoms. The minimum atomic E-state index is 0.914. The Labute approximate surface area is 313 Å². The molecule has 0 aliphatic carbocycles. The average Bonchev–Trinajstić information content (AvgIpc) is 3.79. The molecule has 0 radical (unpaired) electrons. The zero-order valence-electron chi connectivity index (χ0n) is 28.9. The van der Waals surface area contributed by atoms with Crippen LogP contribution in [0.5, 0.6) is 0 Å². The summed E-state index contributed by atoms with van der Waals surface area (Å²) in [7, 11) is 0. The molecule has 250 valence electrons. The Morgan fingerprint density at radius 1 is 0.481 bits per heavy atom. The lowest BCUT2D eigenvalue weighted by Gasteiger charge is -2.15. The Bertz CT molecular complexity index is 3510. The van der Waals surface area contributed by atoms with Crippen LogP contribution < -0.4 is 0 Å². The topological polar surface area (TPSA) is 43.6 Å². The van der Waals surface area contributed by atoms with Crippen molar-refractivity contribution in [3.05, 3.63) is 170 Å². The Morgan fingerprint density at radius 2 is 1.22 bits per heavy atom. The molecule has 0 fully saturated rings. The molecule has 12 rings (SSSR count). The number of hydrogen-bond acceptors (Lipinski definition) is 4. The van der Waals surface area contributed by atoms with Crippen LogP contribution in [0.3, 0.4) is 0 Å². The van der Waals surface area contributed by atoms with Gasteiger partial charge in [-0.1, -0.05) is 103 Å². The van der Waals surface area contributed by atoms with E-state index in [1.807, 2.05) is 23.6 Å². The van der Waals surface area contributed by atoms with Crippen LogP contribution in [-0.2, 0) is 0 Å². The number of thiophene rings is 1. The molecule has 7 aromatic carbocycles. The summed E-state index contributed by atoms with van der Waals surface area (Å²) in [5.41, 5.74) is 10.4. The maximum atomic E-state index is 5.49. The molecule has 5 heterocycles. The first kappa shape index (κ1) is 29.6. The number of nitrogens with zero attached hydrogens (tertiary/aromatic N) is 4. The van der Waals surface area contributed by atoms with Gasteiger partial charge in [-0.15, -0.1) is 11.3 Å². The average molecular weight is 705 g/mol. The third-order valence-electron chi connectivity index (χ3n) is 11.0. The molecule has 0 unspecified atom stereocenters. The molecular weight excluding hydrogens is 677 g/mol. The summed E-state index contributed by atoms with van der Waals surface area (Å²) in [5, 5.41) is 10.6. The Kier molecular flexibility index (Phi) is 6.18. The lowest BCUT2D eigenvalue weighted by atomic mass is 9.92. The molecule has 0 bridgehead atoms. The Balaban J connectivity index is 1.21. The van der Waals surface area contributed by atoms with Crippen LogP contribution >= 0.6 is 11.3 Å². The van der Waals surface area contributed by atoms with E-state index in [1.54, 1.807) is 0 Å². The van der Waals surface area contributed by atoms with Crippen LogP contribution in [0.25, 0.3) is 114 Å². The minimum absolute atomic E-state index is 0.914. The first-order chi connectivity index (χ1) is 26.8. The van der Waals surface area contributed by atoms with Crippen molar-refractivity contribution in [1.29, 1.82) is 0 Å². The summed E-state index contributed by atoms with van der Waals surface area (Å²) in [6, 6.07) is 58.6. The smallest absolute Gasteiger partial charge is 0.0972 e. The second-order valence-electron chi connectivity index (χ2n) is 14.0. The van der Waals surface area contributed by atoms with Gasteiger partial charge in [0.1, 0.15) is 0 Å². The van der Waals surface area contributed by atoms with Crippen molar-refractivity contribution < 1.29 is 0 Å². The highest BCUT2D eigenvalue weighted by Gasteiger charge is 2.22. The van der Waals surface area contributed by atoms with Crippen LogP contribution in [0.4, 0.5) is 0 Å². The minimum Gasteiger partial charge on any atom is -0.309 e. The van der Waals surface area contributed by atoms with Crippen molar-refractivity contribution in [2.45, 2.75) is 0 Å². The zero-order valence-corrected chi connectivity index (χ0v) is 29.7. The van der Waals surface area contributed by atoms with Gasteiger partial charge in [-0.3, -0.25) is 4.98 Å². The highest BCUT2D eigenvalue weighted by atomic mass is 32.1. The van der Waals surface area contributed by atoms with Gasteiger partial charge in [0.15, 0.2) is 0 Å². The van der Waals surface area contributed by atoms with Gasteiger partial charge >= 0.3 is 0 Å². The standard InChI is InChI=1S/C49H28N4S/c1-2-12-32(13-3-1)53-41-18-8-5-14-33(41)36-27-31(23-25-42(36)53)46-38-28-37(40-24-22-30-21-20-29-11-10-26-50-47(29)48(30)52-40)49-45(35-16-6-9-19-43(35)54-49)44(38)34-15-4-7-17-39(34)51-46/h1-28H. The quantitative estimate of drug-likeness (QED) is 0.172. The van der Waals surface area contributed by atoms with Crippen LogP contribution in [-0.4, -0.2) is 19.5 Å². The number of rotatable bonds is 3. The van der Waals surface area contributed by atoms with E-state index in [2.05, 4.69) is 162 Å². The van der Waals surface area contributed by atoms with Crippen molar-refractivity contribution in [3.63, 3.8) is 0 Å². The number of fused-ring (bicyclic) bond motifs is 13. The van der Waals surface area contributed by atoms with Gasteiger partial charge in [0, 0.05) is 80.9 Å². The number of aromatic nitrogens is 4. The van der Waals surface area contributed by atoms with Gasteiger partial charge in [0.25, 0.3) is 0 Å². The fourth-order valence-electron chi connectivity index (χ4n) is 8.59. The highest BCUT2D eigenvalue weighted by molar-refractivity contribution is 7.26. The van der Waals surface area contributed by atoms with Crippen molar-refractivity contribution in [3.8, 4) is 28.2 Å². The predicted molar refractivity (Wildman–Crippen MR) is 228 cm³/mol. The third-order valence-corrected chi connectivity index (χ3v) is 12.2. The Hall–Kier alpha value is -6.95. The highest BCUT2D eigenvalue weighted by Crippen LogP contribution is 2.48. The van der Waals surface area contributed by atoms with Crippen LogP contribution in [0.1, 0.15) is 0 Å². The number of pyridine rings is 3. The summed E-state index contributed by atoms with van der Waals surface area (Å²) >= 11 is 1.84. The first-order valence-electron chi connectivity index (χ1n) is 18.2. The second kappa shape index (κ2) is 11.3. The van der Waals surface area contributed by atoms with Gasteiger partial charge in [0.05, 0.1) is 39.0 Å². The lowest BCUT2D eigenvalue weighted by Crippen LogP contribution is -1.94. The maximum absolute atomic E-state index is 5.49. The molecule has 0 saturated heterocycles. The fourth-order valence-corrected chi connectivity index (χ4v) is 9.82. The van der Waals surface area contributed by atoms with E-state index >= 15 is 0 Å². The molecule has 0 aliphatic rings. The van der Waals surface area contributed by atoms with E-state index in [0.29, 0.717) is 0 Å². The number of hydrogen-bond donors (Lipinski definition) is 0. The molecule has 5 aromatic heterocycles. The van der Waals surface area contributed by atoms with Gasteiger partial charge in [-0.25, -0.2) is 9.97 Å². The summed E-state index contributed by atoms with van der Waals surface area (Å²) in [4.78, 5) is 15.7. The van der Waals surface area contributed by atoms with E-state index in [1.165, 1.54) is 47.4 Å². The normalized spacial score (nSPS) is 12.1. The summed E-state index contributed by atoms with van der Waals surface area (Å²) in [6.07, 6.45) is 1.85. The molecule has 12 aromatic rings. The second-order valence-corrected chi connectivity index (χ2v) is 15.0. The fraction of sp³-hybridized carbons (Fsp3) is 0. The van der Waals surface area contributed by atoms with E-state index in [9.17, 15) is 0 Å². The van der Waals surface area contributed by atoms with Gasteiger partial charge < -0.3 is 4.57 Å². The van der Waals surface area contributed by atoms with Gasteiger partial charge in [0.2, 0.25) is 0 Å². The first-order valence-corrected chi connectivity index (χ1v) is 19.0. The van der Waals surface area contributed by atoms with Crippen molar-refractivity contribution in [2.24, 2.45) is 0 Å². The number of benzene rings is 7. The molecule has 0 saturated carbocycles. The largest absolute Gasteiger partial charge is 0.309 e. The zero-order chi connectivity index (χ0) is 35.3.